The van der Waals surface area contributed by atoms with Gasteiger partial charge in [-0.15, -0.1) is 0 Å². The predicted octanol–water partition coefficient (Wildman–Crippen LogP) is -1.51. The molecule has 6 heteroatoms. The van der Waals surface area contributed by atoms with Crippen molar-refractivity contribution in [2.75, 3.05) is 21.1 Å². The molecule has 0 radical (unpaired) electrons. The molecule has 0 saturated carbocycles. The van der Waals surface area contributed by atoms with E-state index in [9.17, 15) is 10.4 Å². The van der Waals surface area contributed by atoms with E-state index in [1.165, 1.54) is 14.1 Å². The third-order valence-electron chi connectivity index (χ3n) is 1.98. The summed E-state index contributed by atoms with van der Waals surface area (Å²) >= 11 is 0. The second-order valence-electron chi connectivity index (χ2n) is 3.13. The first kappa shape index (κ1) is 11.9. The number of benzene rings is 1. The molecule has 0 amide bonds. The highest BCUT2D eigenvalue weighted by Gasteiger charge is 2.11. The third kappa shape index (κ3) is 2.88. The van der Waals surface area contributed by atoms with Crippen molar-refractivity contribution in [3.05, 3.63) is 28.6 Å². The van der Waals surface area contributed by atoms with E-state index in [0.29, 0.717) is 17.1 Å². The smallest absolute Gasteiger partial charge is 0.213 e. The molecule has 0 aromatic heterocycles. The van der Waals surface area contributed by atoms with Crippen molar-refractivity contribution < 1.29 is 15.0 Å². The molecule has 0 bridgehead atoms. The maximum atomic E-state index is 11.2. The summed E-state index contributed by atoms with van der Waals surface area (Å²) in [5, 5.41) is 22.2. The van der Waals surface area contributed by atoms with Crippen LogP contribution in [0.25, 0.3) is 0 Å². The molecule has 2 unspecified atom stereocenters. The number of hydroxylamine groups is 3. The molecule has 6 nitrogen and oxygen atoms in total. The van der Waals surface area contributed by atoms with Crippen LogP contribution in [0.3, 0.4) is 0 Å². The highest BCUT2D eigenvalue weighted by molar-refractivity contribution is 5.52. The molecule has 0 spiro atoms. The van der Waals surface area contributed by atoms with E-state index in [2.05, 4.69) is 5.48 Å². The van der Waals surface area contributed by atoms with E-state index >= 15 is 0 Å². The van der Waals surface area contributed by atoms with E-state index < -0.39 is 0 Å². The zero-order chi connectivity index (χ0) is 11.4. The maximum absolute atomic E-state index is 11.2. The van der Waals surface area contributed by atoms with Crippen LogP contribution in [0.5, 0.6) is 5.75 Å². The Kier molecular flexibility index (Phi) is 4.01. The largest absolute Gasteiger partial charge is 0.629 e. The van der Waals surface area contributed by atoms with Crippen LogP contribution in [0.1, 0.15) is 0 Å². The highest BCUT2D eigenvalue weighted by atomic mass is 16.6. The van der Waals surface area contributed by atoms with Crippen LogP contribution in [-0.4, -0.2) is 21.1 Å². The van der Waals surface area contributed by atoms with Gasteiger partial charge in [0.1, 0.15) is 5.69 Å². The monoisotopic (exact) mass is 213 g/mol. The molecule has 0 aliphatic rings. The Morgan fingerprint density at radius 1 is 1.20 bits per heavy atom. The van der Waals surface area contributed by atoms with Crippen molar-refractivity contribution in [2.45, 2.75) is 0 Å². The van der Waals surface area contributed by atoms with Crippen molar-refractivity contribution in [3.8, 4) is 5.75 Å². The van der Waals surface area contributed by atoms with Gasteiger partial charge in [-0.1, -0.05) is 0 Å². The molecule has 3 N–H and O–H groups in total. The fraction of sp³-hybridized carbons (Fsp3) is 0.333. The van der Waals surface area contributed by atoms with Crippen LogP contribution in [0.2, 0.25) is 0 Å². The Bertz CT molecular complexity index is 328. The standard InChI is InChI=1S/C9H15N3O3/c1-10-15-9-6-7(11(2)13)4-5-8(9)12(3)14/h4-6,10-12H,1-3H3. The Hall–Kier alpha value is -1.18. The summed E-state index contributed by atoms with van der Waals surface area (Å²) < 4.78 is 0. The minimum atomic E-state index is -0.102. The lowest BCUT2D eigenvalue weighted by Gasteiger charge is -2.21. The quantitative estimate of drug-likeness (QED) is 0.531. The molecule has 0 fully saturated rings. The minimum absolute atomic E-state index is 0.0638. The van der Waals surface area contributed by atoms with Crippen LogP contribution >= 0.6 is 0 Å². The second kappa shape index (κ2) is 5.06. The molecule has 0 aliphatic heterocycles. The molecule has 0 heterocycles. The fourth-order valence-corrected chi connectivity index (χ4v) is 1.23. The average molecular weight is 213 g/mol. The second-order valence-corrected chi connectivity index (χ2v) is 3.13. The van der Waals surface area contributed by atoms with Gasteiger partial charge in [-0.2, -0.15) is 5.48 Å². The van der Waals surface area contributed by atoms with Gasteiger partial charge in [0.05, 0.1) is 20.2 Å². The highest BCUT2D eigenvalue weighted by Crippen LogP contribution is 2.22. The van der Waals surface area contributed by atoms with Gasteiger partial charge in [0.2, 0.25) is 5.75 Å². The summed E-state index contributed by atoms with van der Waals surface area (Å²) in [5.41, 5.74) is 3.45. The topological polar surface area (TPSA) is 76.3 Å². The van der Waals surface area contributed by atoms with Crippen LogP contribution in [0, 0.1) is 10.4 Å². The summed E-state index contributed by atoms with van der Waals surface area (Å²) in [6.45, 7) is 0. The van der Waals surface area contributed by atoms with Gasteiger partial charge in [-0.3, -0.25) is 0 Å². The molecular formula is C9H15N3O3. The molecule has 0 saturated heterocycles. The van der Waals surface area contributed by atoms with Gasteiger partial charge < -0.3 is 25.4 Å². The fourth-order valence-electron chi connectivity index (χ4n) is 1.23. The molecule has 1 aromatic carbocycles. The Labute approximate surface area is 88.2 Å². The van der Waals surface area contributed by atoms with Gasteiger partial charge in [0, 0.05) is 19.2 Å². The summed E-state index contributed by atoms with van der Waals surface area (Å²) in [4.78, 5) is 5.07. The zero-order valence-corrected chi connectivity index (χ0v) is 8.96. The van der Waals surface area contributed by atoms with Crippen molar-refractivity contribution in [1.82, 2.24) is 5.48 Å². The Morgan fingerprint density at radius 3 is 2.33 bits per heavy atom. The van der Waals surface area contributed by atoms with E-state index in [1.807, 2.05) is 0 Å². The summed E-state index contributed by atoms with van der Waals surface area (Å²) in [6, 6.07) is 4.75. The predicted molar refractivity (Wildman–Crippen MR) is 56.0 cm³/mol. The lowest BCUT2D eigenvalue weighted by atomic mass is 10.2. The van der Waals surface area contributed by atoms with Gasteiger partial charge in [0.25, 0.3) is 0 Å². The molecular weight excluding hydrogens is 198 g/mol. The Morgan fingerprint density at radius 2 is 1.87 bits per heavy atom. The molecule has 84 valence electrons. The van der Waals surface area contributed by atoms with Crippen LogP contribution in [0.4, 0.5) is 11.4 Å². The summed E-state index contributed by atoms with van der Waals surface area (Å²) in [7, 11) is 4.50. The van der Waals surface area contributed by atoms with Crippen molar-refractivity contribution in [3.63, 3.8) is 0 Å². The third-order valence-corrected chi connectivity index (χ3v) is 1.98. The summed E-state index contributed by atoms with van der Waals surface area (Å²) in [6.07, 6.45) is 0. The normalized spacial score (nSPS) is 14.7. The van der Waals surface area contributed by atoms with Gasteiger partial charge in [0.15, 0.2) is 5.69 Å². The molecule has 0 aliphatic carbocycles. The van der Waals surface area contributed by atoms with Gasteiger partial charge >= 0.3 is 0 Å². The SMILES string of the molecule is CNOc1cc([NH+](C)[O-])ccc1[NH+](C)[O-]. The van der Waals surface area contributed by atoms with Gasteiger partial charge in [-0.25, -0.2) is 0 Å². The zero-order valence-electron chi connectivity index (χ0n) is 8.96. The van der Waals surface area contributed by atoms with Crippen molar-refractivity contribution in [2.24, 2.45) is 0 Å². The number of nitrogens with one attached hydrogen (secondary N) is 3. The van der Waals surface area contributed by atoms with E-state index in [0.717, 1.165) is 0 Å². The first-order chi connectivity index (χ1) is 7.06. The van der Waals surface area contributed by atoms with Crippen molar-refractivity contribution >= 4 is 11.4 Å². The van der Waals surface area contributed by atoms with Gasteiger partial charge in [-0.05, 0) is 0 Å². The average Bonchev–Trinajstić information content (AvgIpc) is 2.17. The van der Waals surface area contributed by atoms with E-state index in [4.69, 9.17) is 4.84 Å². The summed E-state index contributed by atoms with van der Waals surface area (Å²) in [5.74, 6) is 0.373. The lowest BCUT2D eigenvalue weighted by Crippen LogP contribution is -2.99. The first-order valence-corrected chi connectivity index (χ1v) is 4.55. The molecule has 1 rings (SSSR count). The van der Waals surface area contributed by atoms with E-state index in [1.54, 1.807) is 25.2 Å². The maximum Gasteiger partial charge on any atom is 0.213 e. The molecule has 2 atom stereocenters. The number of hydrogen-bond acceptors (Lipinski definition) is 4. The Balaban J connectivity index is 3.08. The number of quaternary nitrogens is 2. The number of hydrogen-bond donors (Lipinski definition) is 3. The number of rotatable bonds is 4. The molecule has 15 heavy (non-hydrogen) atoms. The van der Waals surface area contributed by atoms with Crippen LogP contribution in [-0.2, 0) is 0 Å². The minimum Gasteiger partial charge on any atom is -0.629 e. The molecule has 1 aromatic rings. The van der Waals surface area contributed by atoms with E-state index in [-0.39, 0.29) is 10.1 Å². The van der Waals surface area contributed by atoms with Crippen LogP contribution < -0.4 is 20.4 Å². The van der Waals surface area contributed by atoms with Crippen LogP contribution in [0.15, 0.2) is 18.2 Å². The first-order valence-electron chi connectivity index (χ1n) is 4.55. The lowest BCUT2D eigenvalue weighted by molar-refractivity contribution is -0.754. The van der Waals surface area contributed by atoms with Crippen molar-refractivity contribution in [1.29, 1.82) is 0 Å².